The van der Waals surface area contributed by atoms with Crippen LogP contribution in [0.25, 0.3) is 0 Å². The van der Waals surface area contributed by atoms with Crippen molar-refractivity contribution >= 4 is 29.1 Å². The van der Waals surface area contributed by atoms with Gasteiger partial charge in [0.15, 0.2) is 10.8 Å². The van der Waals surface area contributed by atoms with E-state index >= 15 is 0 Å². The highest BCUT2D eigenvalue weighted by molar-refractivity contribution is 7.80. The Hall–Kier alpha value is -1.72. The van der Waals surface area contributed by atoms with Crippen molar-refractivity contribution in [2.45, 2.75) is 25.1 Å². The molecule has 0 saturated carbocycles. The van der Waals surface area contributed by atoms with E-state index in [9.17, 15) is 13.2 Å². The molecule has 2 N–H and O–H groups in total. The molecule has 2 aliphatic heterocycles. The van der Waals surface area contributed by atoms with Crippen LogP contribution in [0.15, 0.2) is 6.07 Å². The van der Waals surface area contributed by atoms with Crippen molar-refractivity contribution in [2.24, 2.45) is 0 Å². The fourth-order valence-electron chi connectivity index (χ4n) is 2.75. The molecule has 1 aromatic rings. The van der Waals surface area contributed by atoms with Crippen molar-refractivity contribution in [3.63, 3.8) is 0 Å². The van der Waals surface area contributed by atoms with Gasteiger partial charge in [0.05, 0.1) is 19.3 Å². The Kier molecular flexibility index (Phi) is 6.09. The van der Waals surface area contributed by atoms with Gasteiger partial charge in [0, 0.05) is 32.3 Å². The van der Waals surface area contributed by atoms with Gasteiger partial charge in [-0.1, -0.05) is 0 Å². The molecule has 2 fully saturated rings. The van der Waals surface area contributed by atoms with Crippen LogP contribution in [0.5, 0.6) is 0 Å². The molecule has 0 aromatic carbocycles. The highest BCUT2D eigenvalue weighted by Crippen LogP contribution is 2.30. The van der Waals surface area contributed by atoms with Crippen LogP contribution in [0.1, 0.15) is 18.5 Å². The van der Waals surface area contributed by atoms with Gasteiger partial charge >= 0.3 is 6.18 Å². The molecular formula is C15H20F3N5O2S. The second-order valence-corrected chi connectivity index (χ2v) is 6.41. The molecule has 0 spiro atoms. The van der Waals surface area contributed by atoms with Crippen LogP contribution in [-0.4, -0.2) is 60.6 Å². The Labute approximate surface area is 154 Å². The zero-order valence-corrected chi connectivity index (χ0v) is 14.8. The van der Waals surface area contributed by atoms with Crippen molar-refractivity contribution in [2.75, 3.05) is 49.7 Å². The minimum atomic E-state index is -4.58. The van der Waals surface area contributed by atoms with Crippen molar-refractivity contribution in [3.05, 3.63) is 11.8 Å². The summed E-state index contributed by atoms with van der Waals surface area (Å²) in [5.74, 6) is 0.00575. The number of aromatic nitrogens is 2. The van der Waals surface area contributed by atoms with Crippen molar-refractivity contribution in [3.8, 4) is 0 Å². The molecular weight excluding hydrogens is 371 g/mol. The predicted octanol–water partition coefficient (Wildman–Crippen LogP) is 1.80. The number of anilines is 2. The Morgan fingerprint density at radius 1 is 1.27 bits per heavy atom. The zero-order valence-electron chi connectivity index (χ0n) is 14.0. The molecule has 0 bridgehead atoms. The van der Waals surface area contributed by atoms with Crippen LogP contribution in [0.2, 0.25) is 0 Å². The van der Waals surface area contributed by atoms with Gasteiger partial charge in [0.25, 0.3) is 0 Å². The second-order valence-electron chi connectivity index (χ2n) is 6.00. The van der Waals surface area contributed by atoms with E-state index in [0.29, 0.717) is 39.5 Å². The summed E-state index contributed by atoms with van der Waals surface area (Å²) in [4.78, 5) is 9.47. The van der Waals surface area contributed by atoms with Crippen molar-refractivity contribution in [1.29, 1.82) is 0 Å². The third-order valence-electron chi connectivity index (χ3n) is 4.08. The maximum atomic E-state index is 13.2. The molecule has 2 aliphatic rings. The number of alkyl halides is 3. The van der Waals surface area contributed by atoms with E-state index in [1.54, 1.807) is 4.90 Å². The van der Waals surface area contributed by atoms with Crippen molar-refractivity contribution < 1.29 is 22.6 Å². The first-order valence-electron chi connectivity index (χ1n) is 8.37. The van der Waals surface area contributed by atoms with E-state index in [-0.39, 0.29) is 23.0 Å². The smallest absolute Gasteiger partial charge is 0.378 e. The van der Waals surface area contributed by atoms with Crippen LogP contribution in [0.4, 0.5) is 24.9 Å². The van der Waals surface area contributed by atoms with Gasteiger partial charge in [0.2, 0.25) is 5.95 Å². The average Bonchev–Trinajstić information content (AvgIpc) is 3.13. The van der Waals surface area contributed by atoms with Crippen LogP contribution in [-0.2, 0) is 15.7 Å². The standard InChI is InChI=1S/C15H20F3N5O2S/c16-15(17,18)11-8-12(23-3-6-24-7-4-23)21-13(20-11)22-14(26)19-9-10-2-1-5-25-10/h8,10H,1-7,9H2,(H2,19,20,21,22,26)/t10-/m0/s1. The van der Waals surface area contributed by atoms with E-state index < -0.39 is 11.9 Å². The minimum absolute atomic E-state index is 0.0566. The highest BCUT2D eigenvalue weighted by atomic mass is 32.1. The Morgan fingerprint density at radius 3 is 2.69 bits per heavy atom. The Morgan fingerprint density at radius 2 is 2.04 bits per heavy atom. The first-order chi connectivity index (χ1) is 12.4. The number of morpholine rings is 1. The maximum Gasteiger partial charge on any atom is 0.433 e. The van der Waals surface area contributed by atoms with Gasteiger partial charge < -0.3 is 25.0 Å². The van der Waals surface area contributed by atoms with Crippen LogP contribution in [0, 0.1) is 0 Å². The SMILES string of the molecule is FC(F)(F)c1cc(N2CCOCC2)nc(NC(=S)NC[C@@H]2CCCO2)n1. The van der Waals surface area contributed by atoms with E-state index in [2.05, 4.69) is 20.6 Å². The van der Waals surface area contributed by atoms with Gasteiger partial charge in [-0.05, 0) is 25.1 Å². The highest BCUT2D eigenvalue weighted by Gasteiger charge is 2.34. The molecule has 3 rings (SSSR count). The molecule has 2 saturated heterocycles. The number of hydrogen-bond donors (Lipinski definition) is 2. The molecule has 3 heterocycles. The summed E-state index contributed by atoms with van der Waals surface area (Å²) in [7, 11) is 0. The number of rotatable bonds is 4. The first kappa shape index (κ1) is 19.1. The van der Waals surface area contributed by atoms with Crippen LogP contribution in [0.3, 0.4) is 0 Å². The summed E-state index contributed by atoms with van der Waals surface area (Å²) in [5, 5.41) is 5.73. The monoisotopic (exact) mass is 391 g/mol. The number of ether oxygens (including phenoxy) is 2. The molecule has 144 valence electrons. The molecule has 26 heavy (non-hydrogen) atoms. The number of nitrogens with one attached hydrogen (secondary N) is 2. The van der Waals surface area contributed by atoms with E-state index in [4.69, 9.17) is 21.7 Å². The number of halogens is 3. The van der Waals surface area contributed by atoms with Crippen LogP contribution < -0.4 is 15.5 Å². The topological polar surface area (TPSA) is 71.5 Å². The molecule has 11 heteroatoms. The minimum Gasteiger partial charge on any atom is -0.378 e. The molecule has 1 atom stereocenters. The molecule has 7 nitrogen and oxygen atoms in total. The fourth-order valence-corrected chi connectivity index (χ4v) is 2.92. The van der Waals surface area contributed by atoms with E-state index in [1.165, 1.54) is 0 Å². The number of thiocarbonyl (C=S) groups is 1. The number of hydrogen-bond acceptors (Lipinski definition) is 6. The first-order valence-corrected chi connectivity index (χ1v) is 8.78. The van der Waals surface area contributed by atoms with Gasteiger partial charge in [0.1, 0.15) is 5.82 Å². The number of nitrogens with zero attached hydrogens (tertiary/aromatic N) is 3. The third-order valence-corrected chi connectivity index (χ3v) is 4.32. The van der Waals surface area contributed by atoms with Crippen LogP contribution >= 0.6 is 12.2 Å². The normalized spacial score (nSPS) is 20.9. The molecule has 1 aromatic heterocycles. The van der Waals surface area contributed by atoms with E-state index in [0.717, 1.165) is 18.9 Å². The third kappa shape index (κ3) is 5.15. The summed E-state index contributed by atoms with van der Waals surface area (Å²) in [6.45, 7) is 3.02. The summed E-state index contributed by atoms with van der Waals surface area (Å²) in [6.07, 6.45) is -2.60. The second kappa shape index (κ2) is 8.31. The molecule has 0 aliphatic carbocycles. The predicted molar refractivity (Wildman–Crippen MR) is 93.3 cm³/mol. The Balaban J connectivity index is 1.70. The zero-order chi connectivity index (χ0) is 18.6. The lowest BCUT2D eigenvalue weighted by molar-refractivity contribution is -0.141. The maximum absolute atomic E-state index is 13.2. The fraction of sp³-hybridized carbons (Fsp3) is 0.667. The summed E-state index contributed by atoms with van der Waals surface area (Å²) >= 11 is 5.13. The largest absolute Gasteiger partial charge is 0.433 e. The van der Waals surface area contributed by atoms with Gasteiger partial charge in [-0.3, -0.25) is 0 Å². The summed E-state index contributed by atoms with van der Waals surface area (Å²) in [6, 6.07) is 0.944. The molecule has 0 radical (unpaired) electrons. The quantitative estimate of drug-likeness (QED) is 0.753. The average molecular weight is 391 g/mol. The summed E-state index contributed by atoms with van der Waals surface area (Å²) < 4.78 is 50.2. The van der Waals surface area contributed by atoms with Gasteiger partial charge in [-0.15, -0.1) is 0 Å². The lowest BCUT2D eigenvalue weighted by Crippen LogP contribution is -2.38. The Bertz CT molecular complexity index is 634. The summed E-state index contributed by atoms with van der Waals surface area (Å²) in [5.41, 5.74) is -1.02. The van der Waals surface area contributed by atoms with E-state index in [1.807, 2.05) is 0 Å². The molecule has 0 unspecified atom stereocenters. The lowest BCUT2D eigenvalue weighted by atomic mass is 10.2. The van der Waals surface area contributed by atoms with Gasteiger partial charge in [-0.2, -0.15) is 18.2 Å². The van der Waals surface area contributed by atoms with Crippen molar-refractivity contribution in [1.82, 2.24) is 15.3 Å². The van der Waals surface area contributed by atoms with Gasteiger partial charge in [-0.25, -0.2) is 4.98 Å². The lowest BCUT2D eigenvalue weighted by Gasteiger charge is -2.28. The molecule has 0 amide bonds.